The lowest BCUT2D eigenvalue weighted by atomic mass is 9.94. The normalized spacial score (nSPS) is 28.9. The molecule has 1 aliphatic carbocycles. The minimum absolute atomic E-state index is 0.0702. The Morgan fingerprint density at radius 2 is 2.35 bits per heavy atom. The highest BCUT2D eigenvalue weighted by atomic mass is 16.5. The van der Waals surface area contributed by atoms with E-state index in [1.54, 1.807) is 18.2 Å². The quantitative estimate of drug-likeness (QED) is 0.879. The highest BCUT2D eigenvalue weighted by molar-refractivity contribution is 5.78. The van der Waals surface area contributed by atoms with E-state index < -0.39 is 0 Å². The summed E-state index contributed by atoms with van der Waals surface area (Å²) in [5, 5.41) is 10.2. The summed E-state index contributed by atoms with van der Waals surface area (Å²) < 4.78 is 10.9. The van der Waals surface area contributed by atoms with Crippen LogP contribution < -0.4 is 0 Å². The molecule has 0 aromatic carbocycles. The van der Waals surface area contributed by atoms with E-state index in [1.165, 1.54) is 0 Å². The van der Waals surface area contributed by atoms with Gasteiger partial charge in [0.15, 0.2) is 0 Å². The molecular weight excluding hydrogens is 296 g/mol. The Morgan fingerprint density at radius 3 is 3.04 bits per heavy atom. The number of rotatable bonds is 5. The number of amides is 1. The van der Waals surface area contributed by atoms with Gasteiger partial charge in [0.05, 0.1) is 38.7 Å². The smallest absolute Gasteiger partial charge is 0.236 e. The van der Waals surface area contributed by atoms with Crippen LogP contribution in [0.5, 0.6) is 0 Å². The van der Waals surface area contributed by atoms with Gasteiger partial charge in [-0.25, -0.2) is 0 Å². The highest BCUT2D eigenvalue weighted by Crippen LogP contribution is 2.32. The number of likely N-dealkylation sites (N-methyl/N-ethyl adjacent to an activating group) is 1. The van der Waals surface area contributed by atoms with E-state index in [2.05, 4.69) is 4.90 Å². The van der Waals surface area contributed by atoms with Gasteiger partial charge in [0, 0.05) is 25.6 Å². The number of aliphatic hydroxyl groups excluding tert-OH is 1. The second-order valence-electron chi connectivity index (χ2n) is 6.60. The molecule has 1 aromatic heterocycles. The number of nitrogens with zero attached hydrogens (tertiary/aromatic N) is 2. The lowest BCUT2D eigenvalue weighted by Gasteiger charge is -2.40. The fraction of sp³-hybridized carbons (Fsp3) is 0.706. The lowest BCUT2D eigenvalue weighted by Crippen LogP contribution is -2.54. The second kappa shape index (κ2) is 7.47. The van der Waals surface area contributed by atoms with Crippen molar-refractivity contribution in [2.24, 2.45) is 5.92 Å². The van der Waals surface area contributed by atoms with Crippen LogP contribution in [0, 0.1) is 5.92 Å². The maximum Gasteiger partial charge on any atom is 0.236 e. The Labute approximate surface area is 137 Å². The van der Waals surface area contributed by atoms with E-state index in [0.717, 1.165) is 31.6 Å². The number of hydrogen-bond donors (Lipinski definition) is 1. The molecule has 2 fully saturated rings. The van der Waals surface area contributed by atoms with Gasteiger partial charge in [-0.1, -0.05) is 6.42 Å². The fourth-order valence-electron chi connectivity index (χ4n) is 3.68. The molecule has 23 heavy (non-hydrogen) atoms. The maximum atomic E-state index is 12.5. The molecule has 2 aliphatic rings. The standard InChI is InChI=1S/C17H26N2O4/c1-18(10-13-4-3-8-23-13)17(21)11-19-7-9-22-12-15(19)14-5-2-6-16(14)20/h3-4,8,14-16,20H,2,5-7,9-12H2,1H3/t14-,15-,16-/m1/s1. The van der Waals surface area contributed by atoms with Gasteiger partial charge in [0.25, 0.3) is 0 Å². The van der Waals surface area contributed by atoms with Crippen molar-refractivity contribution in [3.63, 3.8) is 0 Å². The predicted octanol–water partition coefficient (Wildman–Crippen LogP) is 1.10. The molecule has 0 spiro atoms. The summed E-state index contributed by atoms with van der Waals surface area (Å²) in [6, 6.07) is 3.84. The Balaban J connectivity index is 1.58. The summed E-state index contributed by atoms with van der Waals surface area (Å²) in [6.45, 7) is 2.85. The largest absolute Gasteiger partial charge is 0.467 e. The molecule has 3 rings (SSSR count). The predicted molar refractivity (Wildman–Crippen MR) is 84.7 cm³/mol. The number of ether oxygens (including phenoxy) is 1. The molecule has 2 heterocycles. The molecule has 128 valence electrons. The topological polar surface area (TPSA) is 66.2 Å². The molecule has 1 saturated carbocycles. The van der Waals surface area contributed by atoms with Gasteiger partial charge in [0.2, 0.25) is 5.91 Å². The summed E-state index contributed by atoms with van der Waals surface area (Å²) in [6.07, 6.45) is 4.29. The minimum atomic E-state index is -0.264. The number of carbonyl (C=O) groups excluding carboxylic acids is 1. The van der Waals surface area contributed by atoms with Gasteiger partial charge in [-0.2, -0.15) is 0 Å². The molecule has 0 bridgehead atoms. The van der Waals surface area contributed by atoms with Crippen molar-refractivity contribution < 1.29 is 19.1 Å². The molecule has 1 amide bonds. The summed E-state index contributed by atoms with van der Waals surface area (Å²) in [5.74, 6) is 1.07. The monoisotopic (exact) mass is 322 g/mol. The molecule has 0 unspecified atom stereocenters. The number of hydrogen-bond acceptors (Lipinski definition) is 5. The molecular formula is C17H26N2O4. The highest BCUT2D eigenvalue weighted by Gasteiger charge is 2.38. The summed E-state index contributed by atoms with van der Waals surface area (Å²) in [4.78, 5) is 16.4. The SMILES string of the molecule is CN(Cc1ccco1)C(=O)CN1CCOC[C@@H]1[C@H]1CCC[C@H]1O. The molecule has 1 N–H and O–H groups in total. The van der Waals surface area contributed by atoms with Crippen LogP contribution in [0.4, 0.5) is 0 Å². The molecule has 1 aromatic rings. The Kier molecular flexibility index (Phi) is 5.35. The average molecular weight is 322 g/mol. The van der Waals surface area contributed by atoms with Crippen LogP contribution in [-0.4, -0.2) is 66.3 Å². The number of morpholine rings is 1. The van der Waals surface area contributed by atoms with Crippen molar-refractivity contribution in [3.8, 4) is 0 Å². The molecule has 0 radical (unpaired) electrons. The van der Waals surface area contributed by atoms with Crippen LogP contribution >= 0.6 is 0 Å². The van der Waals surface area contributed by atoms with E-state index in [9.17, 15) is 9.90 Å². The van der Waals surface area contributed by atoms with Gasteiger partial charge in [0.1, 0.15) is 5.76 Å². The third-order valence-corrected chi connectivity index (χ3v) is 5.04. The van der Waals surface area contributed by atoms with Crippen molar-refractivity contribution >= 4 is 5.91 Å². The van der Waals surface area contributed by atoms with E-state index in [1.807, 2.05) is 12.1 Å². The molecule has 1 saturated heterocycles. The Hall–Kier alpha value is -1.37. The summed E-state index contributed by atoms with van der Waals surface area (Å²) >= 11 is 0. The zero-order chi connectivity index (χ0) is 16.2. The fourth-order valence-corrected chi connectivity index (χ4v) is 3.68. The molecule has 6 heteroatoms. The molecule has 3 atom stereocenters. The minimum Gasteiger partial charge on any atom is -0.467 e. The van der Waals surface area contributed by atoms with Crippen molar-refractivity contribution in [3.05, 3.63) is 24.2 Å². The van der Waals surface area contributed by atoms with Crippen LogP contribution in [0.1, 0.15) is 25.0 Å². The molecule has 6 nitrogen and oxygen atoms in total. The van der Waals surface area contributed by atoms with E-state index in [4.69, 9.17) is 9.15 Å². The third kappa shape index (κ3) is 3.94. The van der Waals surface area contributed by atoms with Crippen molar-refractivity contribution in [1.82, 2.24) is 9.80 Å². The Bertz CT molecular complexity index is 505. The van der Waals surface area contributed by atoms with Crippen LogP contribution in [0.15, 0.2) is 22.8 Å². The van der Waals surface area contributed by atoms with Gasteiger partial charge >= 0.3 is 0 Å². The number of furan rings is 1. The number of aliphatic hydroxyl groups is 1. The summed E-state index contributed by atoms with van der Waals surface area (Å²) in [5.41, 5.74) is 0. The van der Waals surface area contributed by atoms with Gasteiger partial charge in [-0.05, 0) is 25.0 Å². The molecule has 1 aliphatic heterocycles. The van der Waals surface area contributed by atoms with Crippen LogP contribution in [0.25, 0.3) is 0 Å². The van der Waals surface area contributed by atoms with E-state index in [-0.39, 0.29) is 24.0 Å². The second-order valence-corrected chi connectivity index (χ2v) is 6.60. The average Bonchev–Trinajstić information content (AvgIpc) is 3.19. The summed E-state index contributed by atoms with van der Waals surface area (Å²) in [7, 11) is 1.80. The first-order chi connectivity index (χ1) is 11.1. The maximum absolute atomic E-state index is 12.5. The van der Waals surface area contributed by atoms with Crippen LogP contribution in [0.3, 0.4) is 0 Å². The first kappa shape index (κ1) is 16.5. The number of carbonyl (C=O) groups is 1. The van der Waals surface area contributed by atoms with Gasteiger partial charge in [-0.15, -0.1) is 0 Å². The first-order valence-corrected chi connectivity index (χ1v) is 8.41. The van der Waals surface area contributed by atoms with Crippen molar-refractivity contribution in [1.29, 1.82) is 0 Å². The zero-order valence-corrected chi connectivity index (χ0v) is 13.7. The van der Waals surface area contributed by atoms with Gasteiger partial charge < -0.3 is 19.2 Å². The van der Waals surface area contributed by atoms with Crippen molar-refractivity contribution in [2.45, 2.75) is 38.0 Å². The Morgan fingerprint density at radius 1 is 1.48 bits per heavy atom. The third-order valence-electron chi connectivity index (χ3n) is 5.04. The van der Waals surface area contributed by atoms with E-state index in [0.29, 0.717) is 26.3 Å². The van der Waals surface area contributed by atoms with Crippen molar-refractivity contribution in [2.75, 3.05) is 33.4 Å². The van der Waals surface area contributed by atoms with E-state index >= 15 is 0 Å². The first-order valence-electron chi connectivity index (χ1n) is 8.41. The lowest BCUT2D eigenvalue weighted by molar-refractivity contribution is -0.135. The zero-order valence-electron chi connectivity index (χ0n) is 13.7. The van der Waals surface area contributed by atoms with Crippen LogP contribution in [-0.2, 0) is 16.1 Å². The van der Waals surface area contributed by atoms with Gasteiger partial charge in [-0.3, -0.25) is 9.69 Å². The van der Waals surface area contributed by atoms with Crippen LogP contribution in [0.2, 0.25) is 0 Å².